The summed E-state index contributed by atoms with van der Waals surface area (Å²) in [5, 5.41) is 0. The van der Waals surface area contributed by atoms with Gasteiger partial charge in [0.05, 0.1) is 0 Å². The molecule has 0 saturated carbocycles. The lowest BCUT2D eigenvalue weighted by molar-refractivity contribution is 0.305. The van der Waals surface area contributed by atoms with Crippen LogP contribution in [0.2, 0.25) is 0 Å². The van der Waals surface area contributed by atoms with Crippen LogP contribution in [-0.2, 0) is 6.61 Å². The minimum atomic E-state index is -0.267. The first-order valence-electron chi connectivity index (χ1n) is 5.98. The topological polar surface area (TPSA) is 35.2 Å². The van der Waals surface area contributed by atoms with E-state index in [0.29, 0.717) is 11.1 Å². The molecular weight excluding hydrogens is 309 g/mol. The van der Waals surface area contributed by atoms with E-state index in [1.54, 1.807) is 6.07 Å². The number of benzene rings is 2. The Labute approximate surface area is 120 Å². The summed E-state index contributed by atoms with van der Waals surface area (Å²) in [6.07, 6.45) is 0. The van der Waals surface area contributed by atoms with Gasteiger partial charge in [-0.3, -0.25) is 0 Å². The highest BCUT2D eigenvalue weighted by Crippen LogP contribution is 2.21. The monoisotopic (exact) mass is 323 g/mol. The minimum Gasteiger partial charge on any atom is -0.489 e. The average molecular weight is 324 g/mol. The first kappa shape index (κ1) is 14.0. The van der Waals surface area contributed by atoms with Crippen LogP contribution in [0.15, 0.2) is 46.9 Å². The molecule has 0 bridgehead atoms. The van der Waals surface area contributed by atoms with Gasteiger partial charge in [0.2, 0.25) is 0 Å². The quantitative estimate of drug-likeness (QED) is 0.915. The van der Waals surface area contributed by atoms with Gasteiger partial charge in [0.1, 0.15) is 18.2 Å². The van der Waals surface area contributed by atoms with Gasteiger partial charge in [0.25, 0.3) is 0 Å². The zero-order chi connectivity index (χ0) is 13.8. The van der Waals surface area contributed by atoms with Crippen molar-refractivity contribution >= 4 is 15.9 Å². The van der Waals surface area contributed by atoms with Crippen LogP contribution < -0.4 is 10.5 Å². The molecule has 1 unspecified atom stereocenters. The maximum atomic E-state index is 12.9. The summed E-state index contributed by atoms with van der Waals surface area (Å²) >= 11 is 3.31. The molecule has 19 heavy (non-hydrogen) atoms. The zero-order valence-corrected chi connectivity index (χ0v) is 12.2. The molecule has 4 heteroatoms. The molecule has 0 aliphatic rings. The summed E-state index contributed by atoms with van der Waals surface area (Å²) in [6.45, 7) is 2.32. The molecule has 2 nitrogen and oxygen atoms in total. The zero-order valence-electron chi connectivity index (χ0n) is 10.6. The number of ether oxygens (including phenoxy) is 1. The van der Waals surface area contributed by atoms with Crippen molar-refractivity contribution in [2.75, 3.05) is 0 Å². The molecule has 1 atom stereocenters. The average Bonchev–Trinajstić information content (AvgIpc) is 2.38. The number of hydrogen-bond acceptors (Lipinski definition) is 2. The Kier molecular flexibility index (Phi) is 4.56. The van der Waals surface area contributed by atoms with Gasteiger partial charge in [-0.1, -0.05) is 34.1 Å². The molecule has 0 fully saturated rings. The fourth-order valence-electron chi connectivity index (χ4n) is 1.67. The molecule has 0 aliphatic carbocycles. The lowest BCUT2D eigenvalue weighted by atomic mass is 10.1. The molecular formula is C15H15BrFNO. The van der Waals surface area contributed by atoms with Crippen LogP contribution in [0.25, 0.3) is 0 Å². The summed E-state index contributed by atoms with van der Waals surface area (Å²) in [4.78, 5) is 0. The van der Waals surface area contributed by atoms with E-state index in [9.17, 15) is 4.39 Å². The summed E-state index contributed by atoms with van der Waals surface area (Å²) in [5.74, 6) is 0.498. The molecule has 2 N–H and O–H groups in total. The van der Waals surface area contributed by atoms with E-state index in [0.717, 1.165) is 16.9 Å². The van der Waals surface area contributed by atoms with E-state index >= 15 is 0 Å². The largest absolute Gasteiger partial charge is 0.489 e. The highest BCUT2D eigenvalue weighted by molar-refractivity contribution is 9.10. The minimum absolute atomic E-state index is 0.0142. The van der Waals surface area contributed by atoms with E-state index in [2.05, 4.69) is 15.9 Å². The third-order valence-corrected chi connectivity index (χ3v) is 3.55. The van der Waals surface area contributed by atoms with E-state index in [-0.39, 0.29) is 11.9 Å². The van der Waals surface area contributed by atoms with Crippen LogP contribution >= 0.6 is 15.9 Å². The second kappa shape index (κ2) is 6.17. The Morgan fingerprint density at radius 1 is 1.21 bits per heavy atom. The maximum absolute atomic E-state index is 12.9. The van der Waals surface area contributed by atoms with Crippen LogP contribution in [0.4, 0.5) is 4.39 Å². The molecule has 2 aromatic rings. The summed E-state index contributed by atoms with van der Waals surface area (Å²) < 4.78 is 19.3. The Hall–Kier alpha value is -1.39. The highest BCUT2D eigenvalue weighted by Gasteiger charge is 2.03. The van der Waals surface area contributed by atoms with Gasteiger partial charge in [-0.2, -0.15) is 0 Å². The van der Waals surface area contributed by atoms with Gasteiger partial charge in [-0.25, -0.2) is 4.39 Å². The number of halogens is 2. The van der Waals surface area contributed by atoms with Crippen molar-refractivity contribution in [1.29, 1.82) is 0 Å². The second-order valence-electron chi connectivity index (χ2n) is 4.38. The first-order chi connectivity index (χ1) is 9.06. The molecule has 0 heterocycles. The lowest BCUT2D eigenvalue weighted by Crippen LogP contribution is -2.04. The molecule has 2 rings (SSSR count). The van der Waals surface area contributed by atoms with E-state index in [1.165, 1.54) is 12.1 Å². The number of nitrogens with two attached hydrogens (primary N) is 1. The highest BCUT2D eigenvalue weighted by atomic mass is 79.9. The van der Waals surface area contributed by atoms with Gasteiger partial charge < -0.3 is 10.5 Å². The third kappa shape index (κ3) is 3.78. The normalized spacial score (nSPS) is 12.2. The Morgan fingerprint density at radius 3 is 2.47 bits per heavy atom. The van der Waals surface area contributed by atoms with Crippen molar-refractivity contribution < 1.29 is 9.13 Å². The van der Waals surface area contributed by atoms with Gasteiger partial charge in [-0.05, 0) is 36.8 Å². The van der Waals surface area contributed by atoms with Gasteiger partial charge in [0, 0.05) is 16.1 Å². The lowest BCUT2D eigenvalue weighted by Gasteiger charge is -2.10. The maximum Gasteiger partial charge on any atom is 0.124 e. The number of hydrogen-bond donors (Lipinski definition) is 1. The predicted octanol–water partition coefficient (Wildman–Crippen LogP) is 4.19. The Bertz CT molecular complexity index is 555. The number of rotatable bonds is 4. The molecule has 0 aliphatic heterocycles. The SMILES string of the molecule is CC(N)c1ccc(OCc2ccc(F)cc2Br)cc1. The van der Waals surface area contributed by atoms with Gasteiger partial charge in [-0.15, -0.1) is 0 Å². The van der Waals surface area contributed by atoms with Crippen molar-refractivity contribution in [2.45, 2.75) is 19.6 Å². The Morgan fingerprint density at radius 2 is 1.89 bits per heavy atom. The smallest absolute Gasteiger partial charge is 0.124 e. The van der Waals surface area contributed by atoms with Crippen LogP contribution in [0, 0.1) is 5.82 Å². The Balaban J connectivity index is 2.02. The van der Waals surface area contributed by atoms with Crippen molar-refractivity contribution in [3.8, 4) is 5.75 Å². The van der Waals surface area contributed by atoms with Crippen LogP contribution in [0.5, 0.6) is 5.75 Å². The summed E-state index contributed by atoms with van der Waals surface area (Å²) in [5.41, 5.74) is 7.75. The fourth-order valence-corrected chi connectivity index (χ4v) is 2.13. The predicted molar refractivity (Wildman–Crippen MR) is 77.5 cm³/mol. The standard InChI is InChI=1S/C15H15BrFNO/c1-10(18)11-3-6-14(7-4-11)19-9-12-2-5-13(17)8-15(12)16/h2-8,10H,9,18H2,1H3. The molecule has 0 radical (unpaired) electrons. The van der Waals surface area contributed by atoms with Crippen LogP contribution in [-0.4, -0.2) is 0 Å². The van der Waals surface area contributed by atoms with Crippen molar-refractivity contribution in [1.82, 2.24) is 0 Å². The first-order valence-corrected chi connectivity index (χ1v) is 6.78. The van der Waals surface area contributed by atoms with E-state index in [1.807, 2.05) is 31.2 Å². The van der Waals surface area contributed by atoms with Crippen molar-refractivity contribution in [3.63, 3.8) is 0 Å². The molecule has 0 amide bonds. The second-order valence-corrected chi connectivity index (χ2v) is 5.24. The van der Waals surface area contributed by atoms with Gasteiger partial charge in [0.15, 0.2) is 0 Å². The molecule has 0 saturated heterocycles. The summed E-state index contributed by atoms with van der Waals surface area (Å²) in [7, 11) is 0. The molecule has 0 spiro atoms. The van der Waals surface area contributed by atoms with Crippen LogP contribution in [0.3, 0.4) is 0 Å². The van der Waals surface area contributed by atoms with E-state index < -0.39 is 0 Å². The molecule has 100 valence electrons. The van der Waals surface area contributed by atoms with Gasteiger partial charge >= 0.3 is 0 Å². The summed E-state index contributed by atoms with van der Waals surface area (Å²) in [6, 6.07) is 12.2. The fraction of sp³-hybridized carbons (Fsp3) is 0.200. The van der Waals surface area contributed by atoms with Crippen LogP contribution in [0.1, 0.15) is 24.1 Å². The molecule has 0 aromatic heterocycles. The van der Waals surface area contributed by atoms with E-state index in [4.69, 9.17) is 10.5 Å². The van der Waals surface area contributed by atoms with Crippen molar-refractivity contribution in [2.24, 2.45) is 5.73 Å². The molecule has 2 aromatic carbocycles. The third-order valence-electron chi connectivity index (χ3n) is 2.82. The van der Waals surface area contributed by atoms with Crippen molar-refractivity contribution in [3.05, 3.63) is 63.9 Å².